The van der Waals surface area contributed by atoms with Crippen molar-refractivity contribution in [2.45, 2.75) is 26.2 Å². The second kappa shape index (κ2) is 11.8. The Morgan fingerprint density at radius 3 is 1.22 bits per heavy atom. The van der Waals surface area contributed by atoms with Gasteiger partial charge in [0.25, 0.3) is 0 Å². The Bertz CT molecular complexity index is 3240. The normalized spacial score (nSPS) is 12.3. The van der Waals surface area contributed by atoms with E-state index in [9.17, 15) is 0 Å². The van der Waals surface area contributed by atoms with Crippen molar-refractivity contribution in [2.75, 3.05) is 0 Å². The van der Waals surface area contributed by atoms with Crippen LogP contribution in [0, 0.1) is 0 Å². The second-order valence-electron chi connectivity index (χ2n) is 15.9. The number of hydrogen-bond donors (Lipinski definition) is 0. The van der Waals surface area contributed by atoms with Crippen LogP contribution in [0.4, 0.5) is 0 Å². The van der Waals surface area contributed by atoms with E-state index in [0.29, 0.717) is 0 Å². The van der Waals surface area contributed by atoms with Gasteiger partial charge < -0.3 is 13.7 Å². The van der Waals surface area contributed by atoms with Crippen molar-refractivity contribution in [1.82, 2.24) is 13.7 Å². The first-order chi connectivity index (χ1) is 26.9. The molecule has 3 heteroatoms. The molecule has 0 aliphatic rings. The summed E-state index contributed by atoms with van der Waals surface area (Å²) in [5, 5.41) is 7.53. The van der Waals surface area contributed by atoms with Crippen LogP contribution in [0.25, 0.3) is 93.6 Å². The molecule has 0 saturated heterocycles. The second-order valence-corrected chi connectivity index (χ2v) is 15.9. The van der Waals surface area contributed by atoms with Gasteiger partial charge in [-0.25, -0.2) is 0 Å². The van der Waals surface area contributed by atoms with E-state index in [1.165, 1.54) is 82.1 Å². The van der Waals surface area contributed by atoms with Gasteiger partial charge in [-0.3, -0.25) is 0 Å². The van der Waals surface area contributed by atoms with Crippen LogP contribution in [0.2, 0.25) is 0 Å². The average molecular weight is 706 g/mol. The molecule has 3 heterocycles. The van der Waals surface area contributed by atoms with Gasteiger partial charge in [0.1, 0.15) is 0 Å². The molecule has 0 unspecified atom stereocenters. The standard InChI is InChI=1S/C52H39N3/c1-52(2,3)36-24-27-49-43(31-36)42-20-9-12-23-48(42)55(49)39-26-29-51-45(33-39)44-32-38(54-46-21-10-7-18-40(46)41-19-8-11-22-47(41)54)25-28-50(44)53(51)37-17-13-16-35(30-37)34-14-5-4-6-15-34/h4-33H,1-3H3. The first-order valence-electron chi connectivity index (χ1n) is 19.2. The summed E-state index contributed by atoms with van der Waals surface area (Å²) < 4.78 is 7.32. The van der Waals surface area contributed by atoms with Crippen LogP contribution in [-0.4, -0.2) is 13.7 Å². The summed E-state index contributed by atoms with van der Waals surface area (Å²) in [4.78, 5) is 0. The molecule has 11 aromatic rings. The lowest BCUT2D eigenvalue weighted by Gasteiger charge is -2.19. The summed E-state index contributed by atoms with van der Waals surface area (Å²) in [5.74, 6) is 0. The molecule has 262 valence electrons. The smallest absolute Gasteiger partial charge is 0.0542 e. The van der Waals surface area contributed by atoms with Gasteiger partial charge in [-0.15, -0.1) is 0 Å². The highest BCUT2D eigenvalue weighted by atomic mass is 15.0. The largest absolute Gasteiger partial charge is 0.309 e. The van der Waals surface area contributed by atoms with Crippen molar-refractivity contribution in [3.8, 4) is 28.2 Å². The Morgan fingerprint density at radius 1 is 0.291 bits per heavy atom. The monoisotopic (exact) mass is 705 g/mol. The number of fused-ring (bicyclic) bond motifs is 9. The van der Waals surface area contributed by atoms with E-state index in [2.05, 4.69) is 216 Å². The molecular weight excluding hydrogens is 667 g/mol. The average Bonchev–Trinajstić information content (AvgIpc) is 3.86. The van der Waals surface area contributed by atoms with Crippen molar-refractivity contribution in [3.63, 3.8) is 0 Å². The number of para-hydroxylation sites is 3. The van der Waals surface area contributed by atoms with E-state index in [4.69, 9.17) is 0 Å². The van der Waals surface area contributed by atoms with Gasteiger partial charge in [0.2, 0.25) is 0 Å². The van der Waals surface area contributed by atoms with Crippen molar-refractivity contribution >= 4 is 65.4 Å². The molecule has 0 spiro atoms. The summed E-state index contributed by atoms with van der Waals surface area (Å²) in [7, 11) is 0. The van der Waals surface area contributed by atoms with E-state index >= 15 is 0 Å². The maximum Gasteiger partial charge on any atom is 0.0542 e. The number of nitrogens with zero attached hydrogens (tertiary/aromatic N) is 3. The predicted octanol–water partition coefficient (Wildman–Crippen LogP) is 13.9. The maximum absolute atomic E-state index is 2.45. The summed E-state index contributed by atoms with van der Waals surface area (Å²) in [5.41, 5.74) is 14.5. The molecule has 11 rings (SSSR count). The molecule has 0 aliphatic heterocycles. The van der Waals surface area contributed by atoms with Gasteiger partial charge >= 0.3 is 0 Å². The van der Waals surface area contributed by atoms with Gasteiger partial charge in [0.15, 0.2) is 0 Å². The zero-order valence-corrected chi connectivity index (χ0v) is 31.2. The Balaban J connectivity index is 1.20. The third-order valence-electron chi connectivity index (χ3n) is 11.6. The van der Waals surface area contributed by atoms with Crippen molar-refractivity contribution < 1.29 is 0 Å². The number of rotatable bonds is 4. The van der Waals surface area contributed by atoms with Crippen LogP contribution in [0.3, 0.4) is 0 Å². The lowest BCUT2D eigenvalue weighted by atomic mass is 9.86. The molecule has 55 heavy (non-hydrogen) atoms. The number of benzene rings is 8. The minimum absolute atomic E-state index is 0.0595. The van der Waals surface area contributed by atoms with Crippen molar-refractivity contribution in [2.24, 2.45) is 0 Å². The van der Waals surface area contributed by atoms with Crippen LogP contribution in [0.15, 0.2) is 182 Å². The van der Waals surface area contributed by atoms with Crippen LogP contribution in [0.1, 0.15) is 26.3 Å². The van der Waals surface area contributed by atoms with Crippen molar-refractivity contribution in [1.29, 1.82) is 0 Å². The molecule has 3 aromatic heterocycles. The highest BCUT2D eigenvalue weighted by Gasteiger charge is 2.21. The first-order valence-corrected chi connectivity index (χ1v) is 19.2. The van der Waals surface area contributed by atoms with Gasteiger partial charge in [0.05, 0.1) is 33.1 Å². The summed E-state index contributed by atoms with van der Waals surface area (Å²) in [6.07, 6.45) is 0. The third kappa shape index (κ3) is 4.83. The van der Waals surface area contributed by atoms with E-state index in [-0.39, 0.29) is 5.41 Å². The fourth-order valence-electron chi connectivity index (χ4n) is 8.93. The fourth-order valence-corrected chi connectivity index (χ4v) is 8.93. The van der Waals surface area contributed by atoms with E-state index in [0.717, 1.165) is 17.1 Å². The Morgan fingerprint density at radius 2 is 0.691 bits per heavy atom. The van der Waals surface area contributed by atoms with Gasteiger partial charge in [0, 0.05) is 49.4 Å². The van der Waals surface area contributed by atoms with Crippen LogP contribution in [0.5, 0.6) is 0 Å². The lowest BCUT2D eigenvalue weighted by Crippen LogP contribution is -2.10. The third-order valence-corrected chi connectivity index (χ3v) is 11.6. The number of hydrogen-bond acceptors (Lipinski definition) is 0. The SMILES string of the molecule is CC(C)(C)c1ccc2c(c1)c1ccccc1n2-c1ccc2c(c1)c1cc(-n3c4ccccc4c4ccccc43)ccc1n2-c1cccc(-c2ccccc2)c1. The van der Waals surface area contributed by atoms with E-state index < -0.39 is 0 Å². The molecule has 0 atom stereocenters. The molecule has 0 saturated carbocycles. The molecule has 0 amide bonds. The zero-order chi connectivity index (χ0) is 36.8. The molecule has 3 nitrogen and oxygen atoms in total. The van der Waals surface area contributed by atoms with Gasteiger partial charge in [-0.05, 0) is 101 Å². The maximum atomic E-state index is 2.45. The molecular formula is C52H39N3. The molecule has 8 aromatic carbocycles. The molecule has 0 bridgehead atoms. The van der Waals surface area contributed by atoms with Gasteiger partial charge in [-0.1, -0.05) is 124 Å². The predicted molar refractivity (Wildman–Crippen MR) is 234 cm³/mol. The summed E-state index contributed by atoms with van der Waals surface area (Å²) in [6.45, 7) is 6.88. The van der Waals surface area contributed by atoms with Gasteiger partial charge in [-0.2, -0.15) is 0 Å². The van der Waals surface area contributed by atoms with E-state index in [1.54, 1.807) is 0 Å². The van der Waals surface area contributed by atoms with Crippen LogP contribution >= 0.6 is 0 Å². The van der Waals surface area contributed by atoms with E-state index in [1.807, 2.05) is 0 Å². The minimum atomic E-state index is 0.0595. The lowest BCUT2D eigenvalue weighted by molar-refractivity contribution is 0.591. The minimum Gasteiger partial charge on any atom is -0.309 e. The Labute approximate surface area is 319 Å². The molecule has 0 radical (unpaired) electrons. The quantitative estimate of drug-likeness (QED) is 0.173. The highest BCUT2D eigenvalue weighted by molar-refractivity contribution is 6.14. The topological polar surface area (TPSA) is 14.8 Å². The number of aromatic nitrogens is 3. The van der Waals surface area contributed by atoms with Crippen molar-refractivity contribution in [3.05, 3.63) is 188 Å². The fraction of sp³-hybridized carbons (Fsp3) is 0.0769. The van der Waals surface area contributed by atoms with Crippen LogP contribution < -0.4 is 0 Å². The highest BCUT2D eigenvalue weighted by Crippen LogP contribution is 2.40. The Kier molecular flexibility index (Phi) is 6.81. The molecule has 0 fully saturated rings. The first kappa shape index (κ1) is 31.7. The zero-order valence-electron chi connectivity index (χ0n) is 31.2. The Hall–Kier alpha value is -6.84. The summed E-state index contributed by atoms with van der Waals surface area (Å²) in [6, 6.07) is 67.0. The van der Waals surface area contributed by atoms with Crippen LogP contribution in [-0.2, 0) is 5.41 Å². The molecule has 0 aliphatic carbocycles. The summed E-state index contributed by atoms with van der Waals surface area (Å²) >= 11 is 0. The molecule has 0 N–H and O–H groups in total.